The molecular formula is C35H57N5O6S. The van der Waals surface area contributed by atoms with Gasteiger partial charge in [-0.3, -0.25) is 14.5 Å². The van der Waals surface area contributed by atoms with Crippen molar-refractivity contribution < 1.29 is 27.9 Å². The molecule has 1 saturated carbocycles. The van der Waals surface area contributed by atoms with Crippen LogP contribution in [-0.2, 0) is 25.8 Å². The van der Waals surface area contributed by atoms with Gasteiger partial charge in [0.05, 0.1) is 22.9 Å². The minimum atomic E-state index is -3.81. The smallest absolute Gasteiger partial charge is 0.318 e. The maximum atomic E-state index is 14.1. The summed E-state index contributed by atoms with van der Waals surface area (Å²) in [6.07, 6.45) is 7.19. The van der Waals surface area contributed by atoms with Crippen LogP contribution in [0.1, 0.15) is 85.1 Å². The number of likely N-dealkylation sites (tertiary alicyclic amines) is 2. The molecule has 6 unspecified atom stereocenters. The van der Waals surface area contributed by atoms with Gasteiger partial charge in [0, 0.05) is 38.0 Å². The molecule has 1 aromatic carbocycles. The van der Waals surface area contributed by atoms with E-state index >= 15 is 0 Å². The lowest BCUT2D eigenvalue weighted by atomic mass is 9.72. The van der Waals surface area contributed by atoms with Gasteiger partial charge in [-0.05, 0) is 84.1 Å². The number of nitrogens with zero attached hydrogens (tertiary/aromatic N) is 2. The number of aliphatic hydroxyl groups excluding tert-OH is 1. The zero-order valence-corrected chi connectivity index (χ0v) is 29.9. The number of fused-ring (bicyclic) bond motifs is 1. The van der Waals surface area contributed by atoms with Crippen molar-refractivity contribution in [2.24, 2.45) is 11.8 Å². The number of sulfone groups is 1. The highest BCUT2D eigenvalue weighted by molar-refractivity contribution is 7.92. The Morgan fingerprint density at radius 2 is 1.55 bits per heavy atom. The number of benzene rings is 1. The average molecular weight is 676 g/mol. The van der Waals surface area contributed by atoms with Crippen molar-refractivity contribution in [2.75, 3.05) is 32.4 Å². The summed E-state index contributed by atoms with van der Waals surface area (Å²) >= 11 is 0. The van der Waals surface area contributed by atoms with Gasteiger partial charge in [-0.1, -0.05) is 49.6 Å². The van der Waals surface area contributed by atoms with Gasteiger partial charge < -0.3 is 26.0 Å². The molecule has 264 valence electrons. The molecule has 1 aliphatic carbocycles. The lowest BCUT2D eigenvalue weighted by Crippen LogP contribution is -2.65. The molecule has 3 aliphatic rings. The molecule has 3 fully saturated rings. The number of aliphatic hydroxyl groups is 1. The Bertz CT molecular complexity index is 1340. The van der Waals surface area contributed by atoms with Crippen LogP contribution in [0.5, 0.6) is 0 Å². The molecule has 2 heterocycles. The van der Waals surface area contributed by atoms with E-state index in [4.69, 9.17) is 0 Å². The molecule has 0 radical (unpaired) electrons. The minimum absolute atomic E-state index is 0.0584. The molecule has 47 heavy (non-hydrogen) atoms. The highest BCUT2D eigenvalue weighted by Gasteiger charge is 2.46. The molecule has 1 aromatic rings. The van der Waals surface area contributed by atoms with Crippen LogP contribution in [0, 0.1) is 11.8 Å². The summed E-state index contributed by atoms with van der Waals surface area (Å²) in [5.74, 6) is 0.168. The van der Waals surface area contributed by atoms with E-state index in [1.54, 1.807) is 4.90 Å². The van der Waals surface area contributed by atoms with Gasteiger partial charge in [0.15, 0.2) is 9.84 Å². The van der Waals surface area contributed by atoms with Crippen LogP contribution in [0.2, 0.25) is 0 Å². The fourth-order valence-electron chi connectivity index (χ4n) is 7.32. The lowest BCUT2D eigenvalue weighted by Gasteiger charge is -2.47. The zero-order chi connectivity index (χ0) is 34.6. The second-order valence-corrected chi connectivity index (χ2v) is 18.2. The van der Waals surface area contributed by atoms with E-state index in [1.807, 2.05) is 51.1 Å². The first-order chi connectivity index (χ1) is 22.0. The average Bonchev–Trinajstić information content (AvgIpc) is 3.53. The minimum Gasteiger partial charge on any atom is -0.390 e. The summed E-state index contributed by atoms with van der Waals surface area (Å²) in [6.45, 7) is 10.7. The second kappa shape index (κ2) is 15.2. The standard InChI is InChI=1S/C35H57N5O6S/c1-34(2,3)38-31(42)28-21-25-16-10-11-17-26(25)22-40(28)23-29(41)27(20-24-14-8-7-9-15-24)36-32(43)30(35(4,5)47(6,45)46)37-33(44)39-18-12-13-19-39/h7-9,14-15,25-30,41H,10-13,16-23H2,1-6H3,(H,36,43)(H,37,44)(H,38,42). The molecule has 4 rings (SSSR count). The van der Waals surface area contributed by atoms with Gasteiger partial charge in [0.2, 0.25) is 11.8 Å². The van der Waals surface area contributed by atoms with Crippen LogP contribution in [0.25, 0.3) is 0 Å². The van der Waals surface area contributed by atoms with Crippen molar-refractivity contribution in [3.8, 4) is 0 Å². The number of piperidine rings is 1. The molecule has 4 amide bonds. The summed E-state index contributed by atoms with van der Waals surface area (Å²) in [7, 11) is -3.81. The number of urea groups is 1. The van der Waals surface area contributed by atoms with Gasteiger partial charge in [-0.25, -0.2) is 13.2 Å². The summed E-state index contributed by atoms with van der Waals surface area (Å²) in [5.41, 5.74) is 0.472. The van der Waals surface area contributed by atoms with Crippen molar-refractivity contribution in [3.05, 3.63) is 35.9 Å². The van der Waals surface area contributed by atoms with Crippen LogP contribution < -0.4 is 16.0 Å². The number of rotatable bonds is 11. The first-order valence-corrected chi connectivity index (χ1v) is 19.2. The number of nitrogens with one attached hydrogen (secondary N) is 3. The summed E-state index contributed by atoms with van der Waals surface area (Å²) in [6, 6.07) is 6.36. The highest BCUT2D eigenvalue weighted by Crippen LogP contribution is 2.39. The fraction of sp³-hybridized carbons (Fsp3) is 0.743. The number of amides is 4. The first-order valence-electron chi connectivity index (χ1n) is 17.3. The van der Waals surface area contributed by atoms with E-state index in [0.29, 0.717) is 31.5 Å². The molecular weight excluding hydrogens is 618 g/mol. The Kier molecular flexibility index (Phi) is 12.0. The van der Waals surface area contributed by atoms with Gasteiger partial charge in [0.25, 0.3) is 0 Å². The quantitative estimate of drug-likeness (QED) is 0.282. The van der Waals surface area contributed by atoms with Crippen molar-refractivity contribution in [2.45, 2.75) is 121 Å². The third-order valence-corrected chi connectivity index (χ3v) is 12.5. The van der Waals surface area contributed by atoms with E-state index in [9.17, 15) is 27.9 Å². The van der Waals surface area contributed by atoms with E-state index < -0.39 is 56.3 Å². The molecule has 6 atom stereocenters. The Labute approximate surface area is 281 Å². The second-order valence-electron chi connectivity index (χ2n) is 15.6. The van der Waals surface area contributed by atoms with Crippen molar-refractivity contribution in [3.63, 3.8) is 0 Å². The van der Waals surface area contributed by atoms with Crippen LogP contribution in [-0.4, -0.2) is 108 Å². The Balaban J connectivity index is 1.60. The predicted molar refractivity (Wildman–Crippen MR) is 183 cm³/mol. The molecule has 4 N–H and O–H groups in total. The monoisotopic (exact) mass is 675 g/mol. The van der Waals surface area contributed by atoms with Crippen molar-refractivity contribution in [1.29, 1.82) is 0 Å². The maximum absolute atomic E-state index is 14.1. The van der Waals surface area contributed by atoms with E-state index in [2.05, 4.69) is 20.9 Å². The molecule has 11 nitrogen and oxygen atoms in total. The molecule has 0 bridgehead atoms. The highest BCUT2D eigenvalue weighted by atomic mass is 32.2. The molecule has 0 spiro atoms. The van der Waals surface area contributed by atoms with E-state index in [0.717, 1.165) is 50.3 Å². The van der Waals surface area contributed by atoms with Crippen LogP contribution >= 0.6 is 0 Å². The fourth-order valence-corrected chi connectivity index (χ4v) is 7.91. The molecule has 2 aliphatic heterocycles. The van der Waals surface area contributed by atoms with Crippen molar-refractivity contribution in [1.82, 2.24) is 25.8 Å². The summed E-state index contributed by atoms with van der Waals surface area (Å²) in [4.78, 5) is 44.6. The van der Waals surface area contributed by atoms with Gasteiger partial charge >= 0.3 is 6.03 Å². The third-order valence-electron chi connectivity index (χ3n) is 10.4. The number of carbonyl (C=O) groups excluding carboxylic acids is 3. The van der Waals surface area contributed by atoms with Gasteiger partial charge in [-0.2, -0.15) is 0 Å². The van der Waals surface area contributed by atoms with Crippen LogP contribution in [0.15, 0.2) is 30.3 Å². The normalized spacial score (nSPS) is 24.5. The summed E-state index contributed by atoms with van der Waals surface area (Å²) < 4.78 is 24.3. The zero-order valence-electron chi connectivity index (χ0n) is 29.1. The number of hydrogen-bond donors (Lipinski definition) is 4. The number of carbonyl (C=O) groups is 3. The molecule has 0 aromatic heterocycles. The number of β-amino-alcohol motifs (C(OH)–C–C–N with tert-alkyl or cyclic N) is 1. The lowest BCUT2D eigenvalue weighted by molar-refractivity contribution is -0.133. The van der Waals surface area contributed by atoms with E-state index in [-0.39, 0.29) is 18.9 Å². The predicted octanol–water partition coefficient (Wildman–Crippen LogP) is 2.87. The molecule has 2 saturated heterocycles. The third kappa shape index (κ3) is 9.69. The van der Waals surface area contributed by atoms with Gasteiger partial charge in [0.1, 0.15) is 6.04 Å². The van der Waals surface area contributed by atoms with E-state index in [1.165, 1.54) is 20.3 Å². The largest absolute Gasteiger partial charge is 0.390 e. The Morgan fingerprint density at radius 3 is 2.15 bits per heavy atom. The first kappa shape index (κ1) is 37.1. The number of hydrogen-bond acceptors (Lipinski definition) is 7. The Hall–Kier alpha value is -2.70. The SMILES string of the molecule is CC(C)(C)NC(=O)C1CC2CCCCC2CN1CC(O)C(Cc1ccccc1)NC(=O)C(NC(=O)N1CCCC1)C(C)(C)S(C)(=O)=O. The Morgan fingerprint density at radius 1 is 0.936 bits per heavy atom. The molecule has 12 heteroatoms. The summed E-state index contributed by atoms with van der Waals surface area (Å²) in [5, 5.41) is 20.7. The van der Waals surface area contributed by atoms with Crippen LogP contribution in [0.4, 0.5) is 4.79 Å². The van der Waals surface area contributed by atoms with Crippen molar-refractivity contribution >= 4 is 27.7 Å². The van der Waals surface area contributed by atoms with Crippen LogP contribution in [0.3, 0.4) is 0 Å². The topological polar surface area (TPSA) is 148 Å². The maximum Gasteiger partial charge on any atom is 0.318 e. The van der Waals surface area contributed by atoms with Gasteiger partial charge in [-0.15, -0.1) is 0 Å².